The summed E-state index contributed by atoms with van der Waals surface area (Å²) in [6.07, 6.45) is -4.84. The van der Waals surface area contributed by atoms with E-state index >= 15 is 0 Å². The van der Waals surface area contributed by atoms with Crippen LogP contribution in [-0.4, -0.2) is 25.7 Å². The first-order valence-electron chi connectivity index (χ1n) is 4.69. The van der Waals surface area contributed by atoms with Crippen LogP contribution in [0.4, 0.5) is 13.2 Å². The first-order valence-corrected chi connectivity index (χ1v) is 4.69. The van der Waals surface area contributed by atoms with Crippen molar-refractivity contribution in [1.29, 1.82) is 5.26 Å². The van der Waals surface area contributed by atoms with Gasteiger partial charge in [0.1, 0.15) is 23.7 Å². The minimum absolute atomic E-state index is 0.219. The fraction of sp³-hybridized carbons (Fsp3) is 0.182. The number of nitrogens with zero attached hydrogens (tertiary/aromatic N) is 1. The van der Waals surface area contributed by atoms with Gasteiger partial charge < -0.3 is 9.47 Å². The van der Waals surface area contributed by atoms with E-state index in [1.165, 1.54) is 6.07 Å². The molecule has 0 atom stereocenters. The lowest BCUT2D eigenvalue weighted by atomic mass is 10.0. The third-order valence-electron chi connectivity index (χ3n) is 2.00. The van der Waals surface area contributed by atoms with Crippen molar-refractivity contribution in [3.05, 3.63) is 28.8 Å². The molecule has 0 unspecified atom stereocenters. The zero-order valence-electron chi connectivity index (χ0n) is 9.45. The van der Waals surface area contributed by atoms with Crippen molar-refractivity contribution in [3.8, 4) is 11.8 Å². The van der Waals surface area contributed by atoms with Crippen LogP contribution in [-0.2, 0) is 4.74 Å². The van der Waals surface area contributed by atoms with Crippen molar-refractivity contribution in [2.75, 3.05) is 7.11 Å². The van der Waals surface area contributed by atoms with Crippen molar-refractivity contribution >= 4 is 12.3 Å². The smallest absolute Gasteiger partial charge is 0.465 e. The molecule has 0 aliphatic rings. The number of hydrogen-bond donors (Lipinski definition) is 0. The number of nitriles is 1. The number of esters is 1. The molecule has 0 N–H and O–H groups in total. The minimum Gasteiger partial charge on any atom is -0.465 e. The summed E-state index contributed by atoms with van der Waals surface area (Å²) in [5.74, 6) is -1.98. The van der Waals surface area contributed by atoms with Gasteiger partial charge >= 0.3 is 12.3 Å². The monoisotopic (exact) mass is 273 g/mol. The molecule has 0 radical (unpaired) electrons. The second-order valence-electron chi connectivity index (χ2n) is 3.21. The maximum Gasteiger partial charge on any atom is 0.573 e. The standard InChI is InChI=1S/C11H6F3NO4/c1-18-10(17)7-2-6(5-16)3-9(8(7)4-15)19-11(12,13)14/h2-3,5H,1H3. The Balaban J connectivity index is 3.49. The molecule has 0 spiro atoms. The maximum atomic E-state index is 12.2. The number of carbonyl (C=O) groups excluding carboxylic acids is 2. The Kier molecular flexibility index (Phi) is 4.11. The zero-order valence-corrected chi connectivity index (χ0v) is 9.45. The van der Waals surface area contributed by atoms with Gasteiger partial charge in [0.2, 0.25) is 0 Å². The molecular formula is C11H6F3NO4. The van der Waals surface area contributed by atoms with Crippen molar-refractivity contribution in [2.45, 2.75) is 6.36 Å². The Morgan fingerprint density at radius 1 is 1.42 bits per heavy atom. The molecule has 0 aliphatic heterocycles. The van der Waals surface area contributed by atoms with Crippen molar-refractivity contribution in [2.24, 2.45) is 0 Å². The van der Waals surface area contributed by atoms with Crippen LogP contribution in [0, 0.1) is 11.3 Å². The average molecular weight is 273 g/mol. The first kappa shape index (κ1) is 14.5. The van der Waals surface area contributed by atoms with Gasteiger partial charge in [0.25, 0.3) is 0 Å². The molecule has 0 aromatic heterocycles. The van der Waals surface area contributed by atoms with Gasteiger partial charge in [-0.2, -0.15) is 5.26 Å². The van der Waals surface area contributed by atoms with Crippen LogP contribution in [0.2, 0.25) is 0 Å². The summed E-state index contributed by atoms with van der Waals surface area (Å²) in [5, 5.41) is 8.81. The third kappa shape index (κ3) is 3.45. The molecule has 1 rings (SSSR count). The zero-order chi connectivity index (χ0) is 14.6. The predicted octanol–water partition coefficient (Wildman–Crippen LogP) is 2.06. The van der Waals surface area contributed by atoms with Gasteiger partial charge in [-0.25, -0.2) is 4.79 Å². The van der Waals surface area contributed by atoms with Crippen molar-refractivity contribution < 1.29 is 32.2 Å². The third-order valence-corrected chi connectivity index (χ3v) is 2.00. The van der Waals surface area contributed by atoms with E-state index in [-0.39, 0.29) is 11.8 Å². The summed E-state index contributed by atoms with van der Waals surface area (Å²) < 4.78 is 44.4. The highest BCUT2D eigenvalue weighted by atomic mass is 19.4. The number of aldehydes is 1. The Labute approximate surface area is 105 Å². The van der Waals surface area contributed by atoms with Gasteiger partial charge in [-0.05, 0) is 12.1 Å². The number of benzene rings is 1. The van der Waals surface area contributed by atoms with Crippen LogP contribution in [0.3, 0.4) is 0 Å². The second-order valence-corrected chi connectivity index (χ2v) is 3.21. The summed E-state index contributed by atoms with van der Waals surface area (Å²) in [6, 6.07) is 3.07. The Hall–Kier alpha value is -2.56. The molecule has 100 valence electrons. The molecular weight excluding hydrogens is 267 g/mol. The number of carbonyl (C=O) groups is 2. The number of ether oxygens (including phenoxy) is 2. The Morgan fingerprint density at radius 2 is 2.05 bits per heavy atom. The minimum atomic E-state index is -5.06. The molecule has 0 bridgehead atoms. The normalized spacial score (nSPS) is 10.5. The van der Waals surface area contributed by atoms with Gasteiger partial charge in [0, 0.05) is 5.56 Å². The van der Waals surface area contributed by atoms with E-state index in [9.17, 15) is 22.8 Å². The molecule has 0 heterocycles. The SMILES string of the molecule is COC(=O)c1cc(C=O)cc(OC(F)(F)F)c1C#N. The van der Waals surface area contributed by atoms with E-state index in [0.29, 0.717) is 6.07 Å². The maximum absolute atomic E-state index is 12.2. The molecule has 0 saturated carbocycles. The summed E-state index contributed by atoms with van der Waals surface area (Å²) in [5.41, 5.74) is -1.39. The summed E-state index contributed by atoms with van der Waals surface area (Å²) in [4.78, 5) is 22.0. The fourth-order valence-electron chi connectivity index (χ4n) is 1.30. The number of rotatable bonds is 3. The lowest BCUT2D eigenvalue weighted by Gasteiger charge is -2.12. The summed E-state index contributed by atoms with van der Waals surface area (Å²) in [6.45, 7) is 0. The van der Waals surface area contributed by atoms with E-state index < -0.39 is 29.2 Å². The largest absolute Gasteiger partial charge is 0.573 e. The van der Waals surface area contributed by atoms with Gasteiger partial charge in [-0.15, -0.1) is 13.2 Å². The predicted molar refractivity (Wildman–Crippen MR) is 54.6 cm³/mol. The van der Waals surface area contributed by atoms with E-state index in [1.54, 1.807) is 0 Å². The van der Waals surface area contributed by atoms with Crippen molar-refractivity contribution in [1.82, 2.24) is 0 Å². The number of methoxy groups -OCH3 is 1. The lowest BCUT2D eigenvalue weighted by Crippen LogP contribution is -2.19. The highest BCUT2D eigenvalue weighted by molar-refractivity contribution is 5.95. The highest BCUT2D eigenvalue weighted by Crippen LogP contribution is 2.29. The molecule has 1 aromatic rings. The van der Waals surface area contributed by atoms with E-state index in [1.807, 2.05) is 0 Å². The van der Waals surface area contributed by atoms with Crippen LogP contribution >= 0.6 is 0 Å². The van der Waals surface area contributed by atoms with E-state index in [2.05, 4.69) is 9.47 Å². The average Bonchev–Trinajstić information content (AvgIpc) is 2.34. The number of halogens is 3. The van der Waals surface area contributed by atoms with Gasteiger partial charge in [0.05, 0.1) is 12.7 Å². The molecule has 0 amide bonds. The molecule has 8 heteroatoms. The molecule has 19 heavy (non-hydrogen) atoms. The van der Waals surface area contributed by atoms with Crippen LogP contribution in [0.5, 0.6) is 5.75 Å². The Morgan fingerprint density at radius 3 is 2.47 bits per heavy atom. The first-order chi connectivity index (χ1) is 8.82. The van der Waals surface area contributed by atoms with Crippen LogP contribution < -0.4 is 4.74 Å². The summed E-state index contributed by atoms with van der Waals surface area (Å²) >= 11 is 0. The van der Waals surface area contributed by atoms with Gasteiger partial charge in [-0.1, -0.05) is 0 Å². The van der Waals surface area contributed by atoms with E-state index in [0.717, 1.165) is 13.2 Å². The molecule has 0 fully saturated rings. The Bertz CT molecular complexity index is 560. The van der Waals surface area contributed by atoms with Gasteiger partial charge in [-0.3, -0.25) is 4.79 Å². The van der Waals surface area contributed by atoms with Crippen molar-refractivity contribution in [3.63, 3.8) is 0 Å². The van der Waals surface area contributed by atoms with Crippen LogP contribution in [0.25, 0.3) is 0 Å². The van der Waals surface area contributed by atoms with Gasteiger partial charge in [0.15, 0.2) is 0 Å². The van der Waals surface area contributed by atoms with E-state index in [4.69, 9.17) is 5.26 Å². The molecule has 0 saturated heterocycles. The number of alkyl halides is 3. The lowest BCUT2D eigenvalue weighted by molar-refractivity contribution is -0.274. The molecule has 5 nitrogen and oxygen atoms in total. The van der Waals surface area contributed by atoms with Crippen LogP contribution in [0.15, 0.2) is 12.1 Å². The number of hydrogen-bond acceptors (Lipinski definition) is 5. The van der Waals surface area contributed by atoms with Crippen LogP contribution in [0.1, 0.15) is 26.3 Å². The summed E-state index contributed by atoms with van der Waals surface area (Å²) in [7, 11) is 0.987. The quantitative estimate of drug-likeness (QED) is 0.622. The molecule has 1 aromatic carbocycles. The second kappa shape index (κ2) is 5.39. The fourth-order valence-corrected chi connectivity index (χ4v) is 1.30. The topological polar surface area (TPSA) is 76.4 Å². The highest BCUT2D eigenvalue weighted by Gasteiger charge is 2.33. The molecule has 0 aliphatic carbocycles.